The standard InChI is InChI=1S/C18H25N5O2/c1-11-10-19-23(14(4)15-5-6-15)17(11)21-16(24)7-8-22-13(3)9-12(2)20-18(22)25/h9-10,14-15H,5-8H2,1-4H3,(H,21,24)/t14-/m1/s1. The third kappa shape index (κ3) is 3.81. The van der Waals surface area contributed by atoms with E-state index in [1.165, 1.54) is 17.4 Å². The highest BCUT2D eigenvalue weighted by Crippen LogP contribution is 2.40. The number of nitrogens with zero attached hydrogens (tertiary/aromatic N) is 4. The first-order chi connectivity index (χ1) is 11.9. The summed E-state index contributed by atoms with van der Waals surface area (Å²) in [4.78, 5) is 28.3. The zero-order chi connectivity index (χ0) is 18.1. The van der Waals surface area contributed by atoms with E-state index in [0.29, 0.717) is 18.2 Å². The van der Waals surface area contributed by atoms with Crippen LogP contribution in [0.15, 0.2) is 17.1 Å². The van der Waals surface area contributed by atoms with Crippen molar-refractivity contribution < 1.29 is 4.79 Å². The fourth-order valence-electron chi connectivity index (χ4n) is 3.15. The zero-order valence-corrected chi connectivity index (χ0v) is 15.2. The third-order valence-electron chi connectivity index (χ3n) is 4.84. The minimum Gasteiger partial charge on any atom is -0.311 e. The summed E-state index contributed by atoms with van der Waals surface area (Å²) in [6, 6.07) is 2.13. The second-order valence-corrected chi connectivity index (χ2v) is 6.97. The SMILES string of the molecule is Cc1cc(C)n(CCC(=O)Nc2c(C)cnn2[C@H](C)C2CC2)c(=O)n1. The normalized spacial score (nSPS) is 15.2. The lowest BCUT2D eigenvalue weighted by Gasteiger charge is -2.16. The molecule has 0 aliphatic heterocycles. The summed E-state index contributed by atoms with van der Waals surface area (Å²) in [6.45, 7) is 8.04. The first kappa shape index (κ1) is 17.4. The summed E-state index contributed by atoms with van der Waals surface area (Å²) in [6.07, 6.45) is 4.44. The first-order valence-electron chi connectivity index (χ1n) is 8.76. The summed E-state index contributed by atoms with van der Waals surface area (Å²) < 4.78 is 3.44. The maximum Gasteiger partial charge on any atom is 0.347 e. The van der Waals surface area contributed by atoms with E-state index in [2.05, 4.69) is 22.3 Å². The zero-order valence-electron chi connectivity index (χ0n) is 15.2. The van der Waals surface area contributed by atoms with E-state index in [9.17, 15) is 9.59 Å². The molecule has 1 fully saturated rings. The summed E-state index contributed by atoms with van der Waals surface area (Å²) in [7, 11) is 0. The van der Waals surface area contributed by atoms with E-state index in [1.807, 2.05) is 24.6 Å². The van der Waals surface area contributed by atoms with Gasteiger partial charge in [0.1, 0.15) is 5.82 Å². The molecule has 2 aromatic rings. The molecular weight excluding hydrogens is 318 g/mol. The number of hydrogen-bond donors (Lipinski definition) is 1. The molecule has 3 rings (SSSR count). The Bertz CT molecular complexity index is 848. The Morgan fingerprint density at radius 1 is 1.36 bits per heavy atom. The van der Waals surface area contributed by atoms with Crippen LogP contribution >= 0.6 is 0 Å². The van der Waals surface area contributed by atoms with Crippen molar-refractivity contribution in [2.24, 2.45) is 5.92 Å². The second-order valence-electron chi connectivity index (χ2n) is 6.97. The van der Waals surface area contributed by atoms with Crippen LogP contribution in [-0.4, -0.2) is 25.2 Å². The number of hydrogen-bond acceptors (Lipinski definition) is 4. The highest BCUT2D eigenvalue weighted by atomic mass is 16.2. The summed E-state index contributed by atoms with van der Waals surface area (Å²) >= 11 is 0. The summed E-state index contributed by atoms with van der Waals surface area (Å²) in [5, 5.41) is 7.39. The second kappa shape index (κ2) is 6.82. The van der Waals surface area contributed by atoms with E-state index in [4.69, 9.17) is 0 Å². The van der Waals surface area contributed by atoms with Crippen LogP contribution in [0.5, 0.6) is 0 Å². The lowest BCUT2D eigenvalue weighted by molar-refractivity contribution is -0.116. The number of anilines is 1. The van der Waals surface area contributed by atoms with Crippen LogP contribution in [-0.2, 0) is 11.3 Å². The van der Waals surface area contributed by atoms with Crippen LogP contribution in [0.2, 0.25) is 0 Å². The molecule has 25 heavy (non-hydrogen) atoms. The van der Waals surface area contributed by atoms with Crippen LogP contribution in [0.4, 0.5) is 5.82 Å². The van der Waals surface area contributed by atoms with Crippen molar-refractivity contribution in [3.63, 3.8) is 0 Å². The number of nitrogens with one attached hydrogen (secondary N) is 1. The molecule has 1 N–H and O–H groups in total. The van der Waals surface area contributed by atoms with Gasteiger partial charge >= 0.3 is 5.69 Å². The molecule has 1 aliphatic carbocycles. The Morgan fingerprint density at radius 3 is 2.72 bits per heavy atom. The predicted molar refractivity (Wildman–Crippen MR) is 95.6 cm³/mol. The maximum atomic E-state index is 12.4. The van der Waals surface area contributed by atoms with Crippen LogP contribution in [0.3, 0.4) is 0 Å². The molecule has 2 heterocycles. The maximum absolute atomic E-state index is 12.4. The largest absolute Gasteiger partial charge is 0.347 e. The number of carbonyl (C=O) groups excluding carboxylic acids is 1. The van der Waals surface area contributed by atoms with Crippen LogP contribution in [0, 0.1) is 26.7 Å². The Balaban J connectivity index is 1.68. The number of rotatable bonds is 6. The van der Waals surface area contributed by atoms with Crippen molar-refractivity contribution in [1.29, 1.82) is 0 Å². The summed E-state index contributed by atoms with van der Waals surface area (Å²) in [5.41, 5.74) is 2.14. The molecule has 0 radical (unpaired) electrons. The molecule has 134 valence electrons. The minimum atomic E-state index is -0.311. The van der Waals surface area contributed by atoms with Gasteiger partial charge in [-0.05, 0) is 52.5 Å². The van der Waals surface area contributed by atoms with E-state index < -0.39 is 0 Å². The molecule has 0 spiro atoms. The van der Waals surface area contributed by atoms with Crippen molar-refractivity contribution in [2.45, 2.75) is 59.5 Å². The van der Waals surface area contributed by atoms with E-state index in [0.717, 1.165) is 17.1 Å². The van der Waals surface area contributed by atoms with Gasteiger partial charge < -0.3 is 5.32 Å². The number of carbonyl (C=O) groups is 1. The molecule has 0 aromatic carbocycles. The van der Waals surface area contributed by atoms with E-state index in [1.54, 1.807) is 13.1 Å². The Hall–Kier alpha value is -2.44. The van der Waals surface area contributed by atoms with Gasteiger partial charge in [0.2, 0.25) is 5.91 Å². The van der Waals surface area contributed by atoms with E-state index >= 15 is 0 Å². The van der Waals surface area contributed by atoms with Crippen molar-refractivity contribution >= 4 is 11.7 Å². The van der Waals surface area contributed by atoms with Gasteiger partial charge in [0.15, 0.2) is 0 Å². The minimum absolute atomic E-state index is 0.125. The number of amides is 1. The lowest BCUT2D eigenvalue weighted by atomic mass is 10.2. The van der Waals surface area contributed by atoms with Gasteiger partial charge in [0.25, 0.3) is 0 Å². The molecule has 2 aromatic heterocycles. The molecule has 0 unspecified atom stereocenters. The predicted octanol–water partition coefficient (Wildman–Crippen LogP) is 2.36. The number of aromatic nitrogens is 4. The van der Waals surface area contributed by atoms with Crippen molar-refractivity contribution in [3.05, 3.63) is 39.7 Å². The smallest absolute Gasteiger partial charge is 0.311 e. The molecule has 7 nitrogen and oxygen atoms in total. The fraction of sp³-hybridized carbons (Fsp3) is 0.556. The monoisotopic (exact) mass is 343 g/mol. The fourth-order valence-corrected chi connectivity index (χ4v) is 3.15. The summed E-state index contributed by atoms with van der Waals surface area (Å²) in [5.74, 6) is 1.28. The molecule has 7 heteroatoms. The van der Waals surface area contributed by atoms with Crippen molar-refractivity contribution in [2.75, 3.05) is 5.32 Å². The molecular formula is C18H25N5O2. The van der Waals surface area contributed by atoms with Crippen molar-refractivity contribution in [3.8, 4) is 0 Å². The van der Waals surface area contributed by atoms with Gasteiger partial charge in [-0.2, -0.15) is 10.1 Å². The number of aryl methyl sites for hydroxylation is 3. The molecule has 1 amide bonds. The Kier molecular flexibility index (Phi) is 4.74. The van der Waals surface area contributed by atoms with Crippen LogP contribution in [0.25, 0.3) is 0 Å². The first-order valence-corrected chi connectivity index (χ1v) is 8.76. The third-order valence-corrected chi connectivity index (χ3v) is 4.84. The topological polar surface area (TPSA) is 81.8 Å². The van der Waals surface area contributed by atoms with Crippen LogP contribution < -0.4 is 11.0 Å². The molecule has 1 saturated carbocycles. The Morgan fingerprint density at radius 2 is 2.08 bits per heavy atom. The Labute approximate surface area is 147 Å². The quantitative estimate of drug-likeness (QED) is 0.873. The van der Waals surface area contributed by atoms with E-state index in [-0.39, 0.29) is 24.1 Å². The molecule has 0 saturated heterocycles. The van der Waals surface area contributed by atoms with Crippen LogP contribution in [0.1, 0.15) is 49.2 Å². The van der Waals surface area contributed by atoms with Gasteiger partial charge in [-0.1, -0.05) is 0 Å². The van der Waals surface area contributed by atoms with Gasteiger partial charge in [0.05, 0.1) is 12.2 Å². The van der Waals surface area contributed by atoms with Crippen molar-refractivity contribution in [1.82, 2.24) is 19.3 Å². The molecule has 0 bridgehead atoms. The van der Waals surface area contributed by atoms with Gasteiger partial charge in [-0.3, -0.25) is 9.36 Å². The van der Waals surface area contributed by atoms with Gasteiger partial charge in [0, 0.05) is 29.9 Å². The van der Waals surface area contributed by atoms with Gasteiger partial charge in [-0.15, -0.1) is 0 Å². The highest BCUT2D eigenvalue weighted by Gasteiger charge is 2.31. The molecule has 1 aliphatic rings. The average Bonchev–Trinajstić information content (AvgIpc) is 3.32. The molecule has 1 atom stereocenters. The van der Waals surface area contributed by atoms with Gasteiger partial charge in [-0.25, -0.2) is 9.48 Å². The lowest BCUT2D eigenvalue weighted by Crippen LogP contribution is -2.28. The average molecular weight is 343 g/mol. The highest BCUT2D eigenvalue weighted by molar-refractivity contribution is 5.90.